The van der Waals surface area contributed by atoms with Gasteiger partial charge in [-0.05, 0) is 49.2 Å². The second-order valence-corrected chi connectivity index (χ2v) is 8.35. The van der Waals surface area contributed by atoms with Gasteiger partial charge in [0.15, 0.2) is 0 Å². The maximum absolute atomic E-state index is 13.6. The van der Waals surface area contributed by atoms with Crippen molar-refractivity contribution in [2.75, 3.05) is 12.0 Å². The predicted octanol–water partition coefficient (Wildman–Crippen LogP) is 4.34. The van der Waals surface area contributed by atoms with E-state index in [0.717, 1.165) is 0 Å². The Kier molecular flexibility index (Phi) is 8.85. The van der Waals surface area contributed by atoms with Gasteiger partial charge in [0.05, 0.1) is 13.7 Å². The molecule has 3 aromatic rings. The fourth-order valence-electron chi connectivity index (χ4n) is 3.21. The number of hydrogen-bond acceptors (Lipinski definition) is 7. The van der Waals surface area contributed by atoms with E-state index in [1.807, 2.05) is 0 Å². The van der Waals surface area contributed by atoms with E-state index < -0.39 is 5.91 Å². The van der Waals surface area contributed by atoms with Crippen molar-refractivity contribution in [3.63, 3.8) is 0 Å². The Bertz CT molecular complexity index is 1070. The van der Waals surface area contributed by atoms with Crippen LogP contribution in [0.3, 0.4) is 0 Å². The van der Waals surface area contributed by atoms with Crippen LogP contribution in [-0.4, -0.2) is 34.3 Å². The monoisotopic (exact) mass is 472 g/mol. The number of halogens is 1. The fourth-order valence-corrected chi connectivity index (χ4v) is 4.03. The van der Waals surface area contributed by atoms with Crippen LogP contribution in [0.2, 0.25) is 0 Å². The van der Waals surface area contributed by atoms with E-state index in [4.69, 9.17) is 9.94 Å². The summed E-state index contributed by atoms with van der Waals surface area (Å²) in [5, 5.41) is 18.1. The topological polar surface area (TPSA) is 105 Å². The molecule has 0 atom stereocenters. The van der Waals surface area contributed by atoms with E-state index in [-0.39, 0.29) is 24.7 Å². The number of carbonyl (C=O) groups excluding carboxylic acids is 2. The molecule has 1 aromatic heterocycles. The minimum Gasteiger partial charge on any atom is -0.497 e. The second kappa shape index (κ2) is 12.0. The van der Waals surface area contributed by atoms with Gasteiger partial charge in [0.25, 0.3) is 0 Å². The zero-order chi connectivity index (χ0) is 23.6. The quantitative estimate of drug-likeness (QED) is 0.244. The van der Waals surface area contributed by atoms with Crippen molar-refractivity contribution < 1.29 is 23.9 Å². The summed E-state index contributed by atoms with van der Waals surface area (Å²) in [5.74, 6) is -0.200. The van der Waals surface area contributed by atoms with Crippen molar-refractivity contribution in [2.45, 2.75) is 38.6 Å². The number of nitrogens with zero attached hydrogens (tertiary/aromatic N) is 3. The van der Waals surface area contributed by atoms with Crippen molar-refractivity contribution >= 4 is 28.8 Å². The van der Waals surface area contributed by atoms with Gasteiger partial charge in [-0.1, -0.05) is 29.9 Å². The third-order valence-corrected chi connectivity index (χ3v) is 5.89. The maximum Gasteiger partial charge on any atom is 0.243 e. The smallest absolute Gasteiger partial charge is 0.243 e. The van der Waals surface area contributed by atoms with E-state index in [9.17, 15) is 14.0 Å². The second-order valence-electron chi connectivity index (χ2n) is 7.28. The zero-order valence-corrected chi connectivity index (χ0v) is 19.0. The van der Waals surface area contributed by atoms with Crippen molar-refractivity contribution in [2.24, 2.45) is 0 Å². The molecule has 8 nitrogen and oxygen atoms in total. The lowest BCUT2D eigenvalue weighted by Crippen LogP contribution is -2.30. The Hall–Kier alpha value is -3.37. The summed E-state index contributed by atoms with van der Waals surface area (Å²) in [6.45, 7) is 0.227. The molecule has 0 unspecified atom stereocenters. The largest absolute Gasteiger partial charge is 0.497 e. The summed E-state index contributed by atoms with van der Waals surface area (Å²) in [4.78, 5) is 25.8. The van der Waals surface area contributed by atoms with E-state index in [2.05, 4.69) is 10.2 Å². The lowest BCUT2D eigenvalue weighted by atomic mass is 10.1. The molecule has 1 heterocycles. The lowest BCUT2D eigenvalue weighted by molar-refractivity contribution is -0.129. The molecule has 33 heavy (non-hydrogen) atoms. The molecule has 0 aliphatic heterocycles. The van der Waals surface area contributed by atoms with Gasteiger partial charge in [-0.3, -0.25) is 14.8 Å². The molecule has 0 spiro atoms. The van der Waals surface area contributed by atoms with Gasteiger partial charge in [-0.25, -0.2) is 9.87 Å². The van der Waals surface area contributed by atoms with E-state index in [0.29, 0.717) is 52.7 Å². The van der Waals surface area contributed by atoms with Crippen molar-refractivity contribution in [3.8, 4) is 16.3 Å². The fraction of sp³-hybridized carbons (Fsp3) is 0.304. The highest BCUT2D eigenvalue weighted by molar-refractivity contribution is 7.14. The summed E-state index contributed by atoms with van der Waals surface area (Å²) in [7, 11) is 1.57. The molecule has 0 aliphatic carbocycles. The van der Waals surface area contributed by atoms with Crippen LogP contribution in [0, 0.1) is 5.82 Å². The van der Waals surface area contributed by atoms with Gasteiger partial charge in [0.2, 0.25) is 11.8 Å². The number of carbonyl (C=O) groups is 2. The Morgan fingerprint density at radius 3 is 2.55 bits per heavy atom. The highest BCUT2D eigenvalue weighted by atomic mass is 32.1. The van der Waals surface area contributed by atoms with Crippen LogP contribution in [0.4, 0.5) is 10.1 Å². The molecule has 174 valence electrons. The van der Waals surface area contributed by atoms with Gasteiger partial charge >= 0.3 is 0 Å². The number of nitrogens with one attached hydrogen (secondary N) is 1. The first kappa shape index (κ1) is 24.3. The van der Waals surface area contributed by atoms with Gasteiger partial charge in [-0.2, -0.15) is 0 Å². The first-order chi connectivity index (χ1) is 16.0. The van der Waals surface area contributed by atoms with E-state index >= 15 is 0 Å². The average molecular weight is 473 g/mol. The number of hydroxylamine groups is 1. The van der Waals surface area contributed by atoms with Crippen molar-refractivity contribution in [1.82, 2.24) is 15.7 Å². The summed E-state index contributed by atoms with van der Waals surface area (Å²) in [6, 6.07) is 13.3. The number of aromatic nitrogens is 2. The van der Waals surface area contributed by atoms with Crippen LogP contribution in [0.15, 0.2) is 48.5 Å². The normalized spacial score (nSPS) is 10.6. The minimum absolute atomic E-state index is 0.0886. The number of methoxy groups -OCH3 is 1. The number of amides is 2. The number of rotatable bonds is 11. The zero-order valence-electron chi connectivity index (χ0n) is 18.2. The summed E-state index contributed by atoms with van der Waals surface area (Å²) in [5.41, 5.74) is 2.93. The SMILES string of the molecule is COc1ccc(N(Cc2nnc(-c3cccc(F)c3)s2)C(=O)CCCCCC(=O)NO)cc1. The van der Waals surface area contributed by atoms with Crippen LogP contribution in [0.25, 0.3) is 10.6 Å². The number of hydrogen-bond donors (Lipinski definition) is 2. The van der Waals surface area contributed by atoms with Crippen LogP contribution in [0.5, 0.6) is 5.75 Å². The van der Waals surface area contributed by atoms with Crippen LogP contribution in [0.1, 0.15) is 37.1 Å². The molecule has 10 heteroatoms. The first-order valence-electron chi connectivity index (χ1n) is 10.5. The van der Waals surface area contributed by atoms with Crippen LogP contribution >= 0.6 is 11.3 Å². The standard InChI is InChI=1S/C23H25FN4O4S/c1-32-19-12-10-18(11-13-19)28(22(30)9-4-2-3-8-20(29)27-31)15-21-25-26-23(33-21)16-6-5-7-17(24)14-16/h5-7,10-14,31H,2-4,8-9,15H2,1H3,(H,27,29). The van der Waals surface area contributed by atoms with E-state index in [1.165, 1.54) is 23.5 Å². The van der Waals surface area contributed by atoms with Gasteiger partial charge < -0.3 is 9.64 Å². The molecular formula is C23H25FN4O4S. The highest BCUT2D eigenvalue weighted by Crippen LogP contribution is 2.27. The third kappa shape index (κ3) is 7.06. The van der Waals surface area contributed by atoms with E-state index in [1.54, 1.807) is 53.9 Å². The number of anilines is 1. The Balaban J connectivity index is 1.70. The molecular weight excluding hydrogens is 447 g/mol. The highest BCUT2D eigenvalue weighted by Gasteiger charge is 2.19. The summed E-state index contributed by atoms with van der Waals surface area (Å²) < 4.78 is 18.8. The lowest BCUT2D eigenvalue weighted by Gasteiger charge is -2.22. The molecule has 0 bridgehead atoms. The molecule has 2 N–H and O–H groups in total. The molecule has 3 rings (SSSR count). The van der Waals surface area contributed by atoms with Crippen LogP contribution < -0.4 is 15.1 Å². The summed E-state index contributed by atoms with van der Waals surface area (Å²) in [6.07, 6.45) is 2.37. The average Bonchev–Trinajstić information content (AvgIpc) is 3.31. The predicted molar refractivity (Wildman–Crippen MR) is 123 cm³/mol. The summed E-state index contributed by atoms with van der Waals surface area (Å²) >= 11 is 1.30. The Labute approximate surface area is 195 Å². The van der Waals surface area contributed by atoms with Gasteiger partial charge in [0, 0.05) is 24.1 Å². The molecule has 0 aliphatic rings. The maximum atomic E-state index is 13.6. The number of benzene rings is 2. The van der Waals surface area contributed by atoms with Crippen molar-refractivity contribution in [3.05, 3.63) is 59.4 Å². The molecule has 2 aromatic carbocycles. The number of ether oxygens (including phenoxy) is 1. The molecule has 0 saturated heterocycles. The minimum atomic E-state index is -0.438. The molecule has 0 radical (unpaired) electrons. The Morgan fingerprint density at radius 1 is 1.09 bits per heavy atom. The van der Waals surface area contributed by atoms with Crippen LogP contribution in [-0.2, 0) is 16.1 Å². The van der Waals surface area contributed by atoms with Gasteiger partial charge in [-0.15, -0.1) is 10.2 Å². The Morgan fingerprint density at radius 2 is 1.85 bits per heavy atom. The molecule has 2 amide bonds. The van der Waals surface area contributed by atoms with Crippen molar-refractivity contribution in [1.29, 1.82) is 0 Å². The van der Waals surface area contributed by atoms with Gasteiger partial charge in [0.1, 0.15) is 21.6 Å². The third-order valence-electron chi connectivity index (χ3n) is 4.94. The first-order valence-corrected chi connectivity index (χ1v) is 11.3. The number of unbranched alkanes of at least 4 members (excludes halogenated alkanes) is 2. The molecule has 0 saturated carbocycles. The molecule has 0 fully saturated rings.